The van der Waals surface area contributed by atoms with E-state index in [4.69, 9.17) is 5.11 Å². The normalized spacial score (nSPS) is 25.4. The van der Waals surface area contributed by atoms with Crippen molar-refractivity contribution < 1.29 is 14.3 Å². The van der Waals surface area contributed by atoms with Crippen molar-refractivity contribution in [2.75, 3.05) is 26.2 Å². The van der Waals surface area contributed by atoms with Gasteiger partial charge in [0.15, 0.2) is 0 Å². The van der Waals surface area contributed by atoms with Crippen LogP contribution in [0.25, 0.3) is 0 Å². The Hall–Kier alpha value is -0.680. The Bertz CT molecular complexity index is 266. The number of alkyl halides is 1. The fourth-order valence-electron chi connectivity index (χ4n) is 2.40. The Morgan fingerprint density at radius 1 is 1.56 bits per heavy atom. The fourth-order valence-corrected chi connectivity index (χ4v) is 2.40. The zero-order chi connectivity index (χ0) is 13.6. The Morgan fingerprint density at radius 3 is 2.78 bits per heavy atom. The molecule has 0 radical (unpaired) electrons. The number of hydrogen-bond acceptors (Lipinski definition) is 3. The van der Waals surface area contributed by atoms with Crippen LogP contribution >= 0.6 is 0 Å². The van der Waals surface area contributed by atoms with E-state index in [9.17, 15) is 9.18 Å². The van der Waals surface area contributed by atoms with Gasteiger partial charge in [0, 0.05) is 26.1 Å². The van der Waals surface area contributed by atoms with E-state index in [0.29, 0.717) is 25.4 Å². The number of aliphatic hydroxyl groups excluding tert-OH is 1. The second-order valence-corrected chi connectivity index (χ2v) is 5.61. The van der Waals surface area contributed by atoms with E-state index in [1.807, 2.05) is 0 Å². The van der Waals surface area contributed by atoms with Crippen molar-refractivity contribution in [2.24, 2.45) is 11.8 Å². The van der Waals surface area contributed by atoms with Crippen LogP contribution in [0.4, 0.5) is 4.39 Å². The van der Waals surface area contributed by atoms with Crippen LogP contribution in [0.1, 0.15) is 33.1 Å². The minimum atomic E-state index is -1.75. The van der Waals surface area contributed by atoms with Gasteiger partial charge in [-0.05, 0) is 31.2 Å². The standard InChI is InChI=1S/C13H25FN2O2/c1-10(2)7-11(3-6-17)8-16-12(18)13(14)4-5-15-9-13/h10-11,15,17H,3-9H2,1-2H3,(H,16,18). The Morgan fingerprint density at radius 2 is 2.28 bits per heavy atom. The van der Waals surface area contributed by atoms with Gasteiger partial charge in [0.2, 0.25) is 5.67 Å². The number of hydrogen-bond donors (Lipinski definition) is 3. The van der Waals surface area contributed by atoms with E-state index in [1.54, 1.807) is 0 Å². The maximum Gasteiger partial charge on any atom is 0.259 e. The van der Waals surface area contributed by atoms with Gasteiger partial charge in [0.1, 0.15) is 0 Å². The number of halogens is 1. The molecule has 1 heterocycles. The lowest BCUT2D eigenvalue weighted by Gasteiger charge is -2.22. The number of carbonyl (C=O) groups excluding carboxylic acids is 1. The first-order chi connectivity index (χ1) is 8.48. The second kappa shape index (κ2) is 7.04. The van der Waals surface area contributed by atoms with E-state index in [-0.39, 0.29) is 25.5 Å². The topological polar surface area (TPSA) is 61.4 Å². The summed E-state index contributed by atoms with van der Waals surface area (Å²) in [7, 11) is 0. The van der Waals surface area contributed by atoms with Gasteiger partial charge in [-0.1, -0.05) is 13.8 Å². The first-order valence-corrected chi connectivity index (χ1v) is 6.76. The van der Waals surface area contributed by atoms with Gasteiger partial charge in [-0.2, -0.15) is 0 Å². The maximum absolute atomic E-state index is 14.1. The second-order valence-electron chi connectivity index (χ2n) is 5.61. The lowest BCUT2D eigenvalue weighted by Crippen LogP contribution is -2.46. The molecule has 2 unspecified atom stereocenters. The largest absolute Gasteiger partial charge is 0.396 e. The molecule has 1 fully saturated rings. The van der Waals surface area contributed by atoms with Crippen LogP contribution in [0, 0.1) is 11.8 Å². The maximum atomic E-state index is 14.1. The molecule has 1 aliphatic rings. The van der Waals surface area contributed by atoms with E-state index in [0.717, 1.165) is 6.42 Å². The Labute approximate surface area is 108 Å². The molecule has 0 aromatic carbocycles. The average molecular weight is 260 g/mol. The predicted molar refractivity (Wildman–Crippen MR) is 69.0 cm³/mol. The Kier molecular flexibility index (Phi) is 6.02. The third kappa shape index (κ3) is 4.53. The summed E-state index contributed by atoms with van der Waals surface area (Å²) in [6, 6.07) is 0. The number of amides is 1. The van der Waals surface area contributed by atoms with Gasteiger partial charge >= 0.3 is 0 Å². The minimum absolute atomic E-state index is 0.105. The minimum Gasteiger partial charge on any atom is -0.396 e. The number of nitrogens with one attached hydrogen (secondary N) is 2. The highest BCUT2D eigenvalue weighted by atomic mass is 19.1. The molecular weight excluding hydrogens is 235 g/mol. The number of aliphatic hydroxyl groups is 1. The third-order valence-electron chi connectivity index (χ3n) is 3.40. The highest BCUT2D eigenvalue weighted by molar-refractivity contribution is 5.85. The zero-order valence-corrected chi connectivity index (χ0v) is 11.3. The van der Waals surface area contributed by atoms with Crippen LogP contribution in [0.5, 0.6) is 0 Å². The summed E-state index contributed by atoms with van der Waals surface area (Å²) < 4.78 is 14.1. The van der Waals surface area contributed by atoms with Crippen molar-refractivity contribution in [1.29, 1.82) is 0 Å². The quantitative estimate of drug-likeness (QED) is 0.636. The lowest BCUT2D eigenvalue weighted by molar-refractivity contribution is -0.131. The molecule has 1 amide bonds. The molecular formula is C13H25FN2O2. The molecule has 0 aromatic heterocycles. The zero-order valence-electron chi connectivity index (χ0n) is 11.3. The fraction of sp³-hybridized carbons (Fsp3) is 0.923. The van der Waals surface area contributed by atoms with Crippen LogP contribution < -0.4 is 10.6 Å². The summed E-state index contributed by atoms with van der Waals surface area (Å²) in [5.41, 5.74) is -1.75. The van der Waals surface area contributed by atoms with Gasteiger partial charge in [-0.15, -0.1) is 0 Å². The monoisotopic (exact) mass is 260 g/mol. The number of rotatable bonds is 7. The SMILES string of the molecule is CC(C)CC(CCO)CNC(=O)C1(F)CCNC1. The molecule has 3 N–H and O–H groups in total. The van der Waals surface area contributed by atoms with Gasteiger partial charge in [0.05, 0.1) is 0 Å². The van der Waals surface area contributed by atoms with Crippen molar-refractivity contribution in [2.45, 2.75) is 38.8 Å². The molecule has 0 bridgehead atoms. The molecule has 5 heteroatoms. The Balaban J connectivity index is 2.38. The molecule has 0 saturated carbocycles. The van der Waals surface area contributed by atoms with Crippen molar-refractivity contribution >= 4 is 5.91 Å². The van der Waals surface area contributed by atoms with Gasteiger partial charge in [0.25, 0.3) is 5.91 Å². The smallest absolute Gasteiger partial charge is 0.259 e. The van der Waals surface area contributed by atoms with Crippen LogP contribution in [0.15, 0.2) is 0 Å². The summed E-state index contributed by atoms with van der Waals surface area (Å²) in [5.74, 6) is 0.210. The van der Waals surface area contributed by atoms with Crippen molar-refractivity contribution in [1.82, 2.24) is 10.6 Å². The molecule has 0 aliphatic carbocycles. The molecule has 2 atom stereocenters. The van der Waals surface area contributed by atoms with E-state index in [2.05, 4.69) is 24.5 Å². The summed E-state index contributed by atoms with van der Waals surface area (Å²) >= 11 is 0. The third-order valence-corrected chi connectivity index (χ3v) is 3.40. The number of carbonyl (C=O) groups is 1. The molecule has 1 rings (SSSR count). The van der Waals surface area contributed by atoms with Gasteiger partial charge in [-0.3, -0.25) is 4.79 Å². The molecule has 0 aromatic rings. The van der Waals surface area contributed by atoms with Crippen LogP contribution in [-0.2, 0) is 4.79 Å². The lowest BCUT2D eigenvalue weighted by atomic mass is 9.94. The first-order valence-electron chi connectivity index (χ1n) is 6.76. The van der Waals surface area contributed by atoms with Crippen LogP contribution in [0.2, 0.25) is 0 Å². The summed E-state index contributed by atoms with van der Waals surface area (Å²) in [6.07, 6.45) is 1.82. The molecule has 18 heavy (non-hydrogen) atoms. The first kappa shape index (κ1) is 15.4. The van der Waals surface area contributed by atoms with E-state index >= 15 is 0 Å². The van der Waals surface area contributed by atoms with Gasteiger partial charge in [-0.25, -0.2) is 4.39 Å². The van der Waals surface area contributed by atoms with E-state index < -0.39 is 11.6 Å². The molecule has 1 aliphatic heterocycles. The highest BCUT2D eigenvalue weighted by Crippen LogP contribution is 2.20. The molecule has 4 nitrogen and oxygen atoms in total. The summed E-state index contributed by atoms with van der Waals surface area (Å²) in [4.78, 5) is 11.8. The van der Waals surface area contributed by atoms with Crippen molar-refractivity contribution in [3.63, 3.8) is 0 Å². The predicted octanol–water partition coefficient (Wildman–Crippen LogP) is 0.849. The van der Waals surface area contributed by atoms with Crippen LogP contribution in [-0.4, -0.2) is 42.9 Å². The highest BCUT2D eigenvalue weighted by Gasteiger charge is 2.41. The van der Waals surface area contributed by atoms with Crippen molar-refractivity contribution in [3.05, 3.63) is 0 Å². The molecule has 0 spiro atoms. The van der Waals surface area contributed by atoms with Crippen molar-refractivity contribution in [3.8, 4) is 0 Å². The molecule has 106 valence electrons. The van der Waals surface area contributed by atoms with Gasteiger partial charge < -0.3 is 15.7 Å². The summed E-state index contributed by atoms with van der Waals surface area (Å²) in [5, 5.41) is 14.5. The van der Waals surface area contributed by atoms with Crippen LogP contribution in [0.3, 0.4) is 0 Å². The average Bonchev–Trinajstić information content (AvgIpc) is 2.73. The van der Waals surface area contributed by atoms with E-state index in [1.165, 1.54) is 0 Å². The summed E-state index contributed by atoms with van der Waals surface area (Å²) in [6.45, 7) is 5.41. The molecule has 1 saturated heterocycles.